The Balaban J connectivity index is 2.47. The van der Waals surface area contributed by atoms with Gasteiger partial charge in [-0.1, -0.05) is 0 Å². The molecule has 0 radical (unpaired) electrons. The number of nitrogens with two attached hydrogens (primary N) is 1. The molecule has 4 heteroatoms. The molecule has 0 saturated carbocycles. The van der Waals surface area contributed by atoms with Crippen molar-refractivity contribution in [2.24, 2.45) is 11.7 Å². The van der Waals surface area contributed by atoms with Gasteiger partial charge >= 0.3 is 0 Å². The summed E-state index contributed by atoms with van der Waals surface area (Å²) in [5.74, 6) is -0.741. The fraction of sp³-hybridized carbons (Fsp3) is 0.833. The molecular formula is C6H12N2O2. The summed E-state index contributed by atoms with van der Waals surface area (Å²) in [7, 11) is 0. The molecule has 0 aromatic heterocycles. The Kier molecular flexibility index (Phi) is 2.24. The monoisotopic (exact) mass is 144 g/mol. The molecule has 0 aromatic carbocycles. The Hall–Kier alpha value is -0.610. The van der Waals surface area contributed by atoms with E-state index in [1.807, 2.05) is 0 Å². The van der Waals surface area contributed by atoms with Gasteiger partial charge in [0, 0.05) is 6.54 Å². The van der Waals surface area contributed by atoms with Crippen LogP contribution in [0.15, 0.2) is 0 Å². The molecule has 0 aliphatic carbocycles. The molecule has 1 fully saturated rings. The van der Waals surface area contributed by atoms with Crippen molar-refractivity contribution in [3.8, 4) is 0 Å². The smallest absolute Gasteiger partial charge is 0.223 e. The van der Waals surface area contributed by atoms with E-state index in [4.69, 9.17) is 5.73 Å². The van der Waals surface area contributed by atoms with Crippen LogP contribution in [0.1, 0.15) is 6.42 Å². The molecule has 2 unspecified atom stereocenters. The van der Waals surface area contributed by atoms with E-state index in [1.165, 1.54) is 0 Å². The van der Waals surface area contributed by atoms with Gasteiger partial charge in [-0.2, -0.15) is 0 Å². The second kappa shape index (κ2) is 2.98. The standard InChI is InChI=1S/C6H12N2O2/c7-6(10)4-1-2-8-3-5(4)9/h4-5,8-9H,1-3H2,(H2,7,10). The van der Waals surface area contributed by atoms with Gasteiger partial charge in [0.05, 0.1) is 12.0 Å². The molecule has 1 heterocycles. The molecule has 1 aliphatic rings. The number of piperidine rings is 1. The lowest BCUT2D eigenvalue weighted by atomic mass is 9.95. The Labute approximate surface area is 59.4 Å². The second-order valence-corrected chi connectivity index (χ2v) is 2.57. The predicted molar refractivity (Wildman–Crippen MR) is 36.2 cm³/mol. The molecule has 10 heavy (non-hydrogen) atoms. The number of nitrogens with one attached hydrogen (secondary N) is 1. The highest BCUT2D eigenvalue weighted by molar-refractivity contribution is 5.77. The van der Waals surface area contributed by atoms with Gasteiger partial charge in [0.2, 0.25) is 5.91 Å². The van der Waals surface area contributed by atoms with Crippen LogP contribution >= 0.6 is 0 Å². The third-order valence-electron chi connectivity index (χ3n) is 1.82. The predicted octanol–water partition coefficient (Wildman–Crippen LogP) is -1.56. The van der Waals surface area contributed by atoms with E-state index in [1.54, 1.807) is 0 Å². The summed E-state index contributed by atoms with van der Waals surface area (Å²) in [6.07, 6.45) is 0.0579. The van der Waals surface area contributed by atoms with Crippen molar-refractivity contribution in [2.45, 2.75) is 12.5 Å². The molecule has 58 valence electrons. The average molecular weight is 144 g/mol. The van der Waals surface area contributed by atoms with Crippen LogP contribution in [0, 0.1) is 5.92 Å². The minimum atomic E-state index is -0.591. The minimum Gasteiger partial charge on any atom is -0.391 e. The summed E-state index contributed by atoms with van der Waals surface area (Å²) in [4.78, 5) is 10.6. The first-order valence-electron chi connectivity index (χ1n) is 3.40. The SMILES string of the molecule is NC(=O)C1CCNCC1O. The number of carbonyl (C=O) groups excluding carboxylic acids is 1. The van der Waals surface area contributed by atoms with E-state index in [2.05, 4.69) is 5.32 Å². The van der Waals surface area contributed by atoms with Crippen molar-refractivity contribution in [1.29, 1.82) is 0 Å². The Morgan fingerprint density at radius 2 is 2.40 bits per heavy atom. The maximum Gasteiger partial charge on any atom is 0.223 e. The van der Waals surface area contributed by atoms with E-state index in [0.717, 1.165) is 6.54 Å². The van der Waals surface area contributed by atoms with Crippen molar-refractivity contribution in [2.75, 3.05) is 13.1 Å². The molecule has 4 nitrogen and oxygen atoms in total. The quantitative estimate of drug-likeness (QED) is 0.416. The van der Waals surface area contributed by atoms with Crippen molar-refractivity contribution >= 4 is 5.91 Å². The van der Waals surface area contributed by atoms with Crippen LogP contribution in [0.5, 0.6) is 0 Å². The molecule has 2 atom stereocenters. The molecule has 0 bridgehead atoms. The number of primary amides is 1. The Bertz CT molecular complexity index is 138. The third-order valence-corrected chi connectivity index (χ3v) is 1.82. The highest BCUT2D eigenvalue weighted by Crippen LogP contribution is 2.10. The van der Waals surface area contributed by atoms with Gasteiger partial charge in [-0.05, 0) is 13.0 Å². The maximum atomic E-state index is 10.6. The normalized spacial score (nSPS) is 33.7. The molecule has 1 saturated heterocycles. The van der Waals surface area contributed by atoms with Crippen LogP contribution in [0.2, 0.25) is 0 Å². The fourth-order valence-electron chi connectivity index (χ4n) is 1.17. The molecule has 4 N–H and O–H groups in total. The van der Waals surface area contributed by atoms with Crippen LogP contribution in [-0.2, 0) is 4.79 Å². The zero-order chi connectivity index (χ0) is 7.56. The Morgan fingerprint density at radius 1 is 1.70 bits per heavy atom. The summed E-state index contributed by atoms with van der Waals surface area (Å²) in [6, 6.07) is 0. The number of hydrogen-bond donors (Lipinski definition) is 3. The number of aliphatic hydroxyl groups is 1. The number of hydrogen-bond acceptors (Lipinski definition) is 3. The van der Waals surface area contributed by atoms with Crippen LogP contribution in [0.25, 0.3) is 0 Å². The minimum absolute atomic E-state index is 0.346. The van der Waals surface area contributed by atoms with E-state index in [9.17, 15) is 9.90 Å². The first kappa shape index (κ1) is 7.50. The third kappa shape index (κ3) is 1.46. The van der Waals surface area contributed by atoms with Crippen molar-refractivity contribution in [1.82, 2.24) is 5.32 Å². The zero-order valence-corrected chi connectivity index (χ0v) is 5.71. The maximum absolute atomic E-state index is 10.6. The molecule has 0 spiro atoms. The summed E-state index contributed by atoms with van der Waals surface area (Å²) in [6.45, 7) is 1.25. The van der Waals surface area contributed by atoms with Gasteiger partial charge in [-0.15, -0.1) is 0 Å². The fourth-order valence-corrected chi connectivity index (χ4v) is 1.17. The summed E-state index contributed by atoms with van der Waals surface area (Å²) in [5.41, 5.74) is 5.03. The summed E-state index contributed by atoms with van der Waals surface area (Å²) in [5, 5.41) is 12.1. The largest absolute Gasteiger partial charge is 0.391 e. The summed E-state index contributed by atoms with van der Waals surface area (Å²) < 4.78 is 0. The van der Waals surface area contributed by atoms with Gasteiger partial charge in [0.15, 0.2) is 0 Å². The first-order chi connectivity index (χ1) is 4.72. The van der Waals surface area contributed by atoms with E-state index in [0.29, 0.717) is 13.0 Å². The van der Waals surface area contributed by atoms with Crippen LogP contribution in [0.4, 0.5) is 0 Å². The molecule has 1 rings (SSSR count). The van der Waals surface area contributed by atoms with Crippen molar-refractivity contribution in [3.63, 3.8) is 0 Å². The van der Waals surface area contributed by atoms with Crippen molar-refractivity contribution < 1.29 is 9.90 Å². The topological polar surface area (TPSA) is 75.4 Å². The molecule has 1 amide bonds. The molecule has 1 aliphatic heterocycles. The van der Waals surface area contributed by atoms with Gasteiger partial charge in [0.1, 0.15) is 0 Å². The van der Waals surface area contributed by atoms with Gasteiger partial charge in [-0.25, -0.2) is 0 Å². The lowest BCUT2D eigenvalue weighted by Crippen LogP contribution is -2.46. The van der Waals surface area contributed by atoms with E-state index < -0.39 is 12.0 Å². The van der Waals surface area contributed by atoms with Gasteiger partial charge in [-0.3, -0.25) is 4.79 Å². The number of rotatable bonds is 1. The molecular weight excluding hydrogens is 132 g/mol. The summed E-state index contributed by atoms with van der Waals surface area (Å²) >= 11 is 0. The number of amides is 1. The average Bonchev–Trinajstić information content (AvgIpc) is 1.88. The van der Waals surface area contributed by atoms with E-state index >= 15 is 0 Å². The number of β-amino-alcohol motifs (C(OH)–C–C–N with tert-alkyl or cyclic N) is 1. The number of carbonyl (C=O) groups is 1. The van der Waals surface area contributed by atoms with Gasteiger partial charge < -0.3 is 16.2 Å². The second-order valence-electron chi connectivity index (χ2n) is 2.57. The van der Waals surface area contributed by atoms with Crippen LogP contribution < -0.4 is 11.1 Å². The molecule has 0 aromatic rings. The van der Waals surface area contributed by atoms with Crippen LogP contribution in [-0.4, -0.2) is 30.2 Å². The lowest BCUT2D eigenvalue weighted by Gasteiger charge is -2.25. The van der Waals surface area contributed by atoms with Gasteiger partial charge in [0.25, 0.3) is 0 Å². The van der Waals surface area contributed by atoms with Crippen molar-refractivity contribution in [3.05, 3.63) is 0 Å². The van der Waals surface area contributed by atoms with Crippen LogP contribution in [0.3, 0.4) is 0 Å². The highest BCUT2D eigenvalue weighted by atomic mass is 16.3. The number of aliphatic hydroxyl groups excluding tert-OH is 1. The Morgan fingerprint density at radius 3 is 2.80 bits per heavy atom. The van der Waals surface area contributed by atoms with E-state index in [-0.39, 0.29) is 5.92 Å². The first-order valence-corrected chi connectivity index (χ1v) is 3.40. The highest BCUT2D eigenvalue weighted by Gasteiger charge is 2.26. The zero-order valence-electron chi connectivity index (χ0n) is 5.71. The lowest BCUT2D eigenvalue weighted by molar-refractivity contribution is -0.126.